The summed E-state index contributed by atoms with van der Waals surface area (Å²) < 4.78 is 15.3. The minimum Gasteiger partial charge on any atom is -0.454 e. The molecule has 0 radical (unpaired) electrons. The summed E-state index contributed by atoms with van der Waals surface area (Å²) in [6.07, 6.45) is 2.99. The number of fused-ring (bicyclic) bond motifs is 1. The molecule has 30 heavy (non-hydrogen) atoms. The van der Waals surface area contributed by atoms with E-state index >= 15 is 0 Å². The van der Waals surface area contributed by atoms with E-state index in [4.69, 9.17) is 14.2 Å². The van der Waals surface area contributed by atoms with Crippen molar-refractivity contribution in [3.8, 4) is 11.5 Å². The summed E-state index contributed by atoms with van der Waals surface area (Å²) in [4.78, 5) is 34.8. The molecule has 0 atom stereocenters. The zero-order chi connectivity index (χ0) is 21.7. The van der Waals surface area contributed by atoms with Crippen LogP contribution in [-0.2, 0) is 20.7 Å². The molecular weight excluding hydrogens is 392 g/mol. The SMILES string of the molecule is CCc1cccc(C)c1NC(=O)COC(=O)/C=C/c1cc2c(cc1[N+](=O)[O-])OCO2. The van der Waals surface area contributed by atoms with Gasteiger partial charge in [-0.2, -0.15) is 0 Å². The van der Waals surface area contributed by atoms with Crippen LogP contribution in [0.3, 0.4) is 0 Å². The highest BCUT2D eigenvalue weighted by atomic mass is 16.7. The number of nitrogens with one attached hydrogen (secondary N) is 1. The van der Waals surface area contributed by atoms with Gasteiger partial charge in [-0.1, -0.05) is 25.1 Å². The fraction of sp³-hybridized carbons (Fsp3) is 0.238. The van der Waals surface area contributed by atoms with Gasteiger partial charge < -0.3 is 19.5 Å². The van der Waals surface area contributed by atoms with Crippen LogP contribution in [0.25, 0.3) is 6.08 Å². The van der Waals surface area contributed by atoms with Crippen LogP contribution in [0.1, 0.15) is 23.6 Å². The lowest BCUT2D eigenvalue weighted by Crippen LogP contribution is -2.21. The van der Waals surface area contributed by atoms with Crippen LogP contribution in [-0.4, -0.2) is 30.2 Å². The molecule has 0 aliphatic carbocycles. The second-order valence-corrected chi connectivity index (χ2v) is 6.47. The molecule has 0 fully saturated rings. The molecule has 0 bridgehead atoms. The van der Waals surface area contributed by atoms with Crippen LogP contribution in [0.4, 0.5) is 11.4 Å². The van der Waals surface area contributed by atoms with E-state index in [1.807, 2.05) is 32.0 Å². The Labute approximate surface area is 172 Å². The van der Waals surface area contributed by atoms with Gasteiger partial charge in [0.05, 0.1) is 16.6 Å². The number of amides is 1. The Hall–Kier alpha value is -3.88. The van der Waals surface area contributed by atoms with Crippen LogP contribution in [0.15, 0.2) is 36.4 Å². The second kappa shape index (κ2) is 9.08. The van der Waals surface area contributed by atoms with Crippen molar-refractivity contribution in [3.63, 3.8) is 0 Å². The number of nitrogens with zero attached hydrogens (tertiary/aromatic N) is 1. The van der Waals surface area contributed by atoms with Crippen LogP contribution < -0.4 is 14.8 Å². The average molecular weight is 412 g/mol. The van der Waals surface area contributed by atoms with Crippen molar-refractivity contribution in [2.45, 2.75) is 20.3 Å². The first-order valence-corrected chi connectivity index (χ1v) is 9.20. The van der Waals surface area contributed by atoms with Crippen LogP contribution in [0.2, 0.25) is 0 Å². The first kappa shape index (κ1) is 20.8. The van der Waals surface area contributed by atoms with E-state index < -0.39 is 23.4 Å². The first-order chi connectivity index (χ1) is 14.4. The fourth-order valence-corrected chi connectivity index (χ4v) is 2.96. The molecule has 0 spiro atoms. The predicted octanol–water partition coefficient (Wildman–Crippen LogP) is 3.39. The van der Waals surface area contributed by atoms with Gasteiger partial charge in [-0.3, -0.25) is 14.9 Å². The Morgan fingerprint density at radius 1 is 1.27 bits per heavy atom. The van der Waals surface area contributed by atoms with Gasteiger partial charge in [0.2, 0.25) is 6.79 Å². The highest BCUT2D eigenvalue weighted by Crippen LogP contribution is 2.38. The Balaban J connectivity index is 1.62. The first-order valence-electron chi connectivity index (χ1n) is 9.20. The van der Waals surface area contributed by atoms with Crippen molar-refractivity contribution in [2.75, 3.05) is 18.7 Å². The van der Waals surface area contributed by atoms with Crippen LogP contribution in [0, 0.1) is 17.0 Å². The van der Waals surface area contributed by atoms with Gasteiger partial charge in [0, 0.05) is 11.8 Å². The molecule has 0 saturated carbocycles. The number of aryl methyl sites for hydroxylation is 2. The van der Waals surface area contributed by atoms with Crippen molar-refractivity contribution in [1.29, 1.82) is 0 Å². The number of carbonyl (C=O) groups is 2. The monoisotopic (exact) mass is 412 g/mol. The molecule has 9 nitrogen and oxygen atoms in total. The van der Waals surface area contributed by atoms with Gasteiger partial charge in [0.1, 0.15) is 0 Å². The number of hydrogen-bond acceptors (Lipinski definition) is 7. The number of nitro benzene ring substituents is 1. The summed E-state index contributed by atoms with van der Waals surface area (Å²) in [5.41, 5.74) is 2.49. The number of esters is 1. The lowest BCUT2D eigenvalue weighted by Gasteiger charge is -2.12. The summed E-state index contributed by atoms with van der Waals surface area (Å²) in [5.74, 6) is -0.675. The summed E-state index contributed by atoms with van der Waals surface area (Å²) in [6.45, 7) is 3.34. The maximum absolute atomic E-state index is 12.2. The van der Waals surface area contributed by atoms with E-state index in [1.54, 1.807) is 0 Å². The van der Waals surface area contributed by atoms with Crippen LogP contribution >= 0.6 is 0 Å². The molecule has 9 heteroatoms. The van der Waals surface area contributed by atoms with E-state index in [0.29, 0.717) is 11.4 Å². The van der Waals surface area contributed by atoms with Crippen molar-refractivity contribution >= 4 is 29.3 Å². The third kappa shape index (κ3) is 4.75. The third-order valence-corrected chi connectivity index (χ3v) is 4.47. The average Bonchev–Trinajstić information content (AvgIpc) is 3.18. The smallest absolute Gasteiger partial charge is 0.331 e. The van der Waals surface area contributed by atoms with Gasteiger partial charge >= 0.3 is 5.97 Å². The van der Waals surface area contributed by atoms with Crippen LogP contribution in [0.5, 0.6) is 11.5 Å². The highest BCUT2D eigenvalue weighted by molar-refractivity contribution is 5.96. The van der Waals surface area contributed by atoms with E-state index in [0.717, 1.165) is 23.6 Å². The molecule has 0 unspecified atom stereocenters. The molecule has 1 amide bonds. The zero-order valence-electron chi connectivity index (χ0n) is 16.5. The minimum atomic E-state index is -0.808. The Bertz CT molecular complexity index is 1030. The molecule has 1 aliphatic rings. The lowest BCUT2D eigenvalue weighted by atomic mass is 10.1. The molecule has 2 aromatic rings. The molecule has 0 aromatic heterocycles. The quantitative estimate of drug-likeness (QED) is 0.321. The maximum Gasteiger partial charge on any atom is 0.331 e. The summed E-state index contributed by atoms with van der Waals surface area (Å²) in [5, 5.41) is 14.0. The van der Waals surface area contributed by atoms with Gasteiger partial charge in [0.25, 0.3) is 11.6 Å². The molecule has 1 heterocycles. The van der Waals surface area contributed by atoms with Gasteiger partial charge in [-0.25, -0.2) is 4.79 Å². The van der Waals surface area contributed by atoms with Gasteiger partial charge in [-0.05, 0) is 36.6 Å². The highest BCUT2D eigenvalue weighted by Gasteiger charge is 2.22. The van der Waals surface area contributed by atoms with Crippen molar-refractivity contribution in [2.24, 2.45) is 0 Å². The molecule has 1 N–H and O–H groups in total. The summed E-state index contributed by atoms with van der Waals surface area (Å²) >= 11 is 0. The third-order valence-electron chi connectivity index (χ3n) is 4.47. The molecular formula is C21H20N2O7. The largest absolute Gasteiger partial charge is 0.454 e. The maximum atomic E-state index is 12.2. The zero-order valence-corrected chi connectivity index (χ0v) is 16.5. The van der Waals surface area contributed by atoms with Crippen molar-refractivity contribution in [3.05, 3.63) is 63.2 Å². The Morgan fingerprint density at radius 2 is 2.00 bits per heavy atom. The number of carbonyl (C=O) groups excluding carboxylic acids is 2. The molecule has 2 aromatic carbocycles. The second-order valence-electron chi connectivity index (χ2n) is 6.47. The molecule has 1 aliphatic heterocycles. The fourth-order valence-electron chi connectivity index (χ4n) is 2.96. The normalized spacial score (nSPS) is 12.1. The molecule has 3 rings (SSSR count). The van der Waals surface area contributed by atoms with Crippen molar-refractivity contribution < 1.29 is 28.7 Å². The number of benzene rings is 2. The number of hydrogen-bond donors (Lipinski definition) is 1. The number of ether oxygens (including phenoxy) is 3. The predicted molar refractivity (Wildman–Crippen MR) is 108 cm³/mol. The Morgan fingerprint density at radius 3 is 2.70 bits per heavy atom. The van der Waals surface area contributed by atoms with E-state index in [9.17, 15) is 19.7 Å². The van der Waals surface area contributed by atoms with E-state index in [2.05, 4.69) is 5.32 Å². The number of rotatable bonds is 7. The van der Waals surface area contributed by atoms with Gasteiger partial charge in [0.15, 0.2) is 18.1 Å². The molecule has 156 valence electrons. The number of nitro groups is 1. The lowest BCUT2D eigenvalue weighted by molar-refractivity contribution is -0.385. The topological polar surface area (TPSA) is 117 Å². The van der Waals surface area contributed by atoms with E-state index in [-0.39, 0.29) is 23.8 Å². The number of anilines is 1. The standard InChI is InChI=1S/C21H20N2O7/c1-3-14-6-4-5-13(2)21(14)22-19(24)11-28-20(25)8-7-15-9-17-18(30-12-29-17)10-16(15)23(26)27/h4-10H,3,11-12H2,1-2H3,(H,22,24)/b8-7+. The van der Waals surface area contributed by atoms with E-state index in [1.165, 1.54) is 18.2 Å². The van der Waals surface area contributed by atoms with Gasteiger partial charge in [-0.15, -0.1) is 0 Å². The summed E-state index contributed by atoms with van der Waals surface area (Å²) in [6, 6.07) is 8.33. The summed E-state index contributed by atoms with van der Waals surface area (Å²) in [7, 11) is 0. The number of para-hydroxylation sites is 1. The minimum absolute atomic E-state index is 0.0303. The Kier molecular flexibility index (Phi) is 6.31. The van der Waals surface area contributed by atoms with Crippen molar-refractivity contribution in [1.82, 2.24) is 0 Å². The molecule has 0 saturated heterocycles.